The number of aromatic carboxylic acids is 1. The van der Waals surface area contributed by atoms with E-state index in [1.54, 1.807) is 18.3 Å². The van der Waals surface area contributed by atoms with Crippen LogP contribution in [0.2, 0.25) is 0 Å². The van der Waals surface area contributed by atoms with Gasteiger partial charge in [-0.3, -0.25) is 0 Å². The lowest BCUT2D eigenvalue weighted by Gasteiger charge is -2.26. The van der Waals surface area contributed by atoms with E-state index in [1.165, 1.54) is 12.8 Å². The van der Waals surface area contributed by atoms with Crippen LogP contribution in [0, 0.1) is 0 Å². The molecule has 1 heterocycles. The predicted octanol–water partition coefficient (Wildman–Crippen LogP) is 2.16. The van der Waals surface area contributed by atoms with Gasteiger partial charge in [0.2, 0.25) is 0 Å². The molecule has 1 N–H and O–H groups in total. The van der Waals surface area contributed by atoms with Crippen molar-refractivity contribution in [1.29, 1.82) is 0 Å². The first kappa shape index (κ1) is 10.9. The summed E-state index contributed by atoms with van der Waals surface area (Å²) in [7, 11) is 1.94. The summed E-state index contributed by atoms with van der Waals surface area (Å²) in [5, 5.41) is 9.09. The molecule has 16 heavy (non-hydrogen) atoms. The van der Waals surface area contributed by atoms with Crippen LogP contribution in [0.15, 0.2) is 18.3 Å². The SMILES string of the molecule is CN(c1ncccc1C(=O)O)C1CCCC1. The summed E-state index contributed by atoms with van der Waals surface area (Å²) in [6.45, 7) is 0. The third kappa shape index (κ3) is 2.01. The number of pyridine rings is 1. The van der Waals surface area contributed by atoms with Crippen molar-refractivity contribution in [3.63, 3.8) is 0 Å². The molecule has 1 aliphatic rings. The Labute approximate surface area is 94.9 Å². The number of anilines is 1. The number of hydrogen-bond acceptors (Lipinski definition) is 3. The maximum atomic E-state index is 11.1. The number of hydrogen-bond donors (Lipinski definition) is 1. The van der Waals surface area contributed by atoms with Gasteiger partial charge < -0.3 is 10.0 Å². The minimum absolute atomic E-state index is 0.289. The zero-order valence-electron chi connectivity index (χ0n) is 9.39. The smallest absolute Gasteiger partial charge is 0.339 e. The van der Waals surface area contributed by atoms with Crippen LogP contribution in [0.5, 0.6) is 0 Å². The number of carbonyl (C=O) groups is 1. The summed E-state index contributed by atoms with van der Waals surface area (Å²) in [5.74, 6) is -0.324. The van der Waals surface area contributed by atoms with Crippen molar-refractivity contribution in [2.24, 2.45) is 0 Å². The van der Waals surface area contributed by atoms with Crippen LogP contribution in [0.1, 0.15) is 36.0 Å². The lowest BCUT2D eigenvalue weighted by atomic mass is 10.2. The number of rotatable bonds is 3. The van der Waals surface area contributed by atoms with Crippen molar-refractivity contribution in [2.45, 2.75) is 31.7 Å². The maximum absolute atomic E-state index is 11.1. The van der Waals surface area contributed by atoms with E-state index in [9.17, 15) is 4.79 Å². The summed E-state index contributed by atoms with van der Waals surface area (Å²) < 4.78 is 0. The van der Waals surface area contributed by atoms with Gasteiger partial charge in [0.15, 0.2) is 0 Å². The number of carboxylic acids is 1. The van der Waals surface area contributed by atoms with E-state index in [0.29, 0.717) is 11.9 Å². The van der Waals surface area contributed by atoms with Crippen molar-refractivity contribution >= 4 is 11.8 Å². The fourth-order valence-corrected chi connectivity index (χ4v) is 2.31. The van der Waals surface area contributed by atoms with Crippen LogP contribution < -0.4 is 4.90 Å². The van der Waals surface area contributed by atoms with Gasteiger partial charge in [-0.25, -0.2) is 9.78 Å². The van der Waals surface area contributed by atoms with E-state index < -0.39 is 5.97 Å². The molecule has 1 fully saturated rings. The highest BCUT2D eigenvalue weighted by Crippen LogP contribution is 2.27. The molecule has 1 saturated carbocycles. The van der Waals surface area contributed by atoms with Gasteiger partial charge in [0.25, 0.3) is 0 Å². The topological polar surface area (TPSA) is 53.4 Å². The Morgan fingerprint density at radius 3 is 2.81 bits per heavy atom. The Bertz CT molecular complexity index is 386. The molecule has 0 atom stereocenters. The number of aromatic nitrogens is 1. The minimum Gasteiger partial charge on any atom is -0.478 e. The average molecular weight is 220 g/mol. The van der Waals surface area contributed by atoms with Crippen LogP contribution in [0.25, 0.3) is 0 Å². The molecule has 4 heteroatoms. The molecular formula is C12H16N2O2. The summed E-state index contributed by atoms with van der Waals surface area (Å²) in [6, 6.07) is 3.71. The molecule has 0 unspecified atom stereocenters. The van der Waals surface area contributed by atoms with Gasteiger partial charge in [-0.1, -0.05) is 12.8 Å². The molecular weight excluding hydrogens is 204 g/mol. The fourth-order valence-electron chi connectivity index (χ4n) is 2.31. The van der Waals surface area contributed by atoms with Crippen molar-refractivity contribution in [3.8, 4) is 0 Å². The van der Waals surface area contributed by atoms with Gasteiger partial charge in [-0.05, 0) is 25.0 Å². The molecule has 86 valence electrons. The fraction of sp³-hybridized carbons (Fsp3) is 0.500. The maximum Gasteiger partial charge on any atom is 0.339 e. The quantitative estimate of drug-likeness (QED) is 0.848. The lowest BCUT2D eigenvalue weighted by molar-refractivity contribution is 0.0697. The van der Waals surface area contributed by atoms with Crippen LogP contribution in [0.4, 0.5) is 5.82 Å². The monoisotopic (exact) mass is 220 g/mol. The van der Waals surface area contributed by atoms with Crippen LogP contribution in [-0.4, -0.2) is 29.1 Å². The molecule has 0 saturated heterocycles. The van der Waals surface area contributed by atoms with Gasteiger partial charge in [0.05, 0.1) is 0 Å². The molecule has 2 rings (SSSR count). The molecule has 0 bridgehead atoms. The van der Waals surface area contributed by atoms with Gasteiger partial charge in [0, 0.05) is 19.3 Å². The number of nitrogens with zero attached hydrogens (tertiary/aromatic N) is 2. The van der Waals surface area contributed by atoms with Crippen molar-refractivity contribution in [1.82, 2.24) is 4.98 Å². The first-order valence-corrected chi connectivity index (χ1v) is 5.61. The Morgan fingerprint density at radius 2 is 2.19 bits per heavy atom. The highest BCUT2D eigenvalue weighted by Gasteiger charge is 2.23. The molecule has 1 aromatic rings. The Balaban J connectivity index is 2.27. The van der Waals surface area contributed by atoms with Crippen LogP contribution in [0.3, 0.4) is 0 Å². The molecule has 0 spiro atoms. The Kier molecular flexibility index (Phi) is 3.08. The molecule has 0 aliphatic heterocycles. The van der Waals surface area contributed by atoms with E-state index in [-0.39, 0.29) is 5.56 Å². The second kappa shape index (κ2) is 4.51. The zero-order chi connectivity index (χ0) is 11.5. The second-order valence-electron chi connectivity index (χ2n) is 4.23. The predicted molar refractivity (Wildman–Crippen MR) is 61.9 cm³/mol. The largest absolute Gasteiger partial charge is 0.478 e. The number of carboxylic acid groups (broad SMARTS) is 1. The first-order valence-electron chi connectivity index (χ1n) is 5.61. The van der Waals surface area contributed by atoms with Crippen LogP contribution >= 0.6 is 0 Å². The van der Waals surface area contributed by atoms with Crippen molar-refractivity contribution in [2.75, 3.05) is 11.9 Å². The van der Waals surface area contributed by atoms with E-state index in [0.717, 1.165) is 12.8 Å². The summed E-state index contributed by atoms with van der Waals surface area (Å²) in [4.78, 5) is 17.3. The Morgan fingerprint density at radius 1 is 1.50 bits per heavy atom. The summed E-state index contributed by atoms with van der Waals surface area (Å²) in [6.07, 6.45) is 6.36. The molecule has 1 aromatic heterocycles. The first-order chi connectivity index (χ1) is 7.70. The second-order valence-corrected chi connectivity index (χ2v) is 4.23. The molecule has 0 radical (unpaired) electrons. The third-order valence-electron chi connectivity index (χ3n) is 3.22. The zero-order valence-corrected chi connectivity index (χ0v) is 9.39. The highest BCUT2D eigenvalue weighted by atomic mass is 16.4. The lowest BCUT2D eigenvalue weighted by Crippen LogP contribution is -2.31. The van der Waals surface area contributed by atoms with Crippen molar-refractivity contribution in [3.05, 3.63) is 23.9 Å². The summed E-state index contributed by atoms with van der Waals surface area (Å²) in [5.41, 5.74) is 0.289. The van der Waals surface area contributed by atoms with E-state index in [2.05, 4.69) is 4.98 Å². The normalized spacial score (nSPS) is 16.3. The van der Waals surface area contributed by atoms with E-state index in [4.69, 9.17) is 5.11 Å². The van der Waals surface area contributed by atoms with Gasteiger partial charge in [-0.15, -0.1) is 0 Å². The van der Waals surface area contributed by atoms with Crippen molar-refractivity contribution < 1.29 is 9.90 Å². The molecule has 0 amide bonds. The molecule has 4 nitrogen and oxygen atoms in total. The third-order valence-corrected chi connectivity index (χ3v) is 3.22. The van der Waals surface area contributed by atoms with Crippen LogP contribution in [-0.2, 0) is 0 Å². The van der Waals surface area contributed by atoms with Gasteiger partial charge >= 0.3 is 5.97 Å². The minimum atomic E-state index is -0.909. The molecule has 0 aromatic carbocycles. The highest BCUT2D eigenvalue weighted by molar-refractivity contribution is 5.93. The van der Waals surface area contributed by atoms with Gasteiger partial charge in [0.1, 0.15) is 11.4 Å². The van der Waals surface area contributed by atoms with E-state index >= 15 is 0 Å². The standard InChI is InChI=1S/C12H16N2O2/c1-14(9-5-2-3-6-9)11-10(12(15)16)7-4-8-13-11/h4,7-9H,2-3,5-6H2,1H3,(H,15,16). The molecule has 1 aliphatic carbocycles. The summed E-state index contributed by atoms with van der Waals surface area (Å²) >= 11 is 0. The Hall–Kier alpha value is -1.58. The average Bonchev–Trinajstić information content (AvgIpc) is 2.81. The van der Waals surface area contributed by atoms with Gasteiger partial charge in [-0.2, -0.15) is 0 Å². The van der Waals surface area contributed by atoms with E-state index in [1.807, 2.05) is 11.9 Å².